The Bertz CT molecular complexity index is 526. The molecule has 5 heteroatoms. The molecule has 1 aromatic heterocycles. The molecule has 0 aliphatic heterocycles. The van der Waals surface area contributed by atoms with Gasteiger partial charge in [-0.2, -0.15) is 0 Å². The number of ether oxygens (including phenoxy) is 1. The van der Waals surface area contributed by atoms with Gasteiger partial charge in [-0.1, -0.05) is 12.1 Å². The van der Waals surface area contributed by atoms with Gasteiger partial charge in [0.05, 0.1) is 0 Å². The quantitative estimate of drug-likeness (QED) is 0.921. The second kappa shape index (κ2) is 5.64. The number of nitrogens with one attached hydrogen (secondary N) is 1. The Labute approximate surface area is 110 Å². The summed E-state index contributed by atoms with van der Waals surface area (Å²) < 4.78 is 5.57. The van der Waals surface area contributed by atoms with Crippen LogP contribution in [0.1, 0.15) is 12.5 Å². The van der Waals surface area contributed by atoms with Gasteiger partial charge in [-0.25, -0.2) is 4.98 Å². The highest BCUT2D eigenvalue weighted by atomic mass is 32.1. The van der Waals surface area contributed by atoms with E-state index in [1.807, 2.05) is 36.6 Å². The number of benzene rings is 1. The van der Waals surface area contributed by atoms with E-state index >= 15 is 0 Å². The Morgan fingerprint density at radius 3 is 3.00 bits per heavy atom. The van der Waals surface area contributed by atoms with Crippen molar-refractivity contribution in [1.82, 2.24) is 4.98 Å². The van der Waals surface area contributed by atoms with Crippen LogP contribution in [0.25, 0.3) is 0 Å². The lowest BCUT2D eigenvalue weighted by molar-refractivity contribution is -0.122. The second-order valence-corrected chi connectivity index (χ2v) is 4.80. The van der Waals surface area contributed by atoms with Gasteiger partial charge in [0, 0.05) is 11.6 Å². The van der Waals surface area contributed by atoms with Gasteiger partial charge in [0.25, 0.3) is 5.91 Å². The van der Waals surface area contributed by atoms with Gasteiger partial charge in [0.1, 0.15) is 5.75 Å². The lowest BCUT2D eigenvalue weighted by Crippen LogP contribution is -2.30. The summed E-state index contributed by atoms with van der Waals surface area (Å²) in [5, 5.41) is 5.09. The van der Waals surface area contributed by atoms with Crippen molar-refractivity contribution >= 4 is 22.4 Å². The van der Waals surface area contributed by atoms with E-state index in [2.05, 4.69) is 10.3 Å². The van der Waals surface area contributed by atoms with Crippen LogP contribution in [-0.4, -0.2) is 17.0 Å². The largest absolute Gasteiger partial charge is 0.481 e. The molecule has 0 saturated carbocycles. The topological polar surface area (TPSA) is 51.2 Å². The molecule has 18 heavy (non-hydrogen) atoms. The van der Waals surface area contributed by atoms with Gasteiger partial charge >= 0.3 is 0 Å². The van der Waals surface area contributed by atoms with Crippen molar-refractivity contribution in [3.8, 4) is 5.75 Å². The molecule has 1 N–H and O–H groups in total. The summed E-state index contributed by atoms with van der Waals surface area (Å²) >= 11 is 1.38. The zero-order valence-electron chi connectivity index (χ0n) is 10.2. The number of anilines is 1. The number of hydrogen-bond acceptors (Lipinski definition) is 4. The molecule has 1 atom stereocenters. The van der Waals surface area contributed by atoms with Crippen LogP contribution in [-0.2, 0) is 4.79 Å². The van der Waals surface area contributed by atoms with Crippen molar-refractivity contribution in [3.05, 3.63) is 41.4 Å². The molecular formula is C13H14N2O2S. The van der Waals surface area contributed by atoms with Crippen molar-refractivity contribution in [2.24, 2.45) is 0 Å². The number of aryl methyl sites for hydroxylation is 1. The number of nitrogens with zero attached hydrogens (tertiary/aromatic N) is 1. The monoisotopic (exact) mass is 262 g/mol. The van der Waals surface area contributed by atoms with Gasteiger partial charge in [-0.3, -0.25) is 10.1 Å². The van der Waals surface area contributed by atoms with Crippen LogP contribution in [0.15, 0.2) is 35.8 Å². The van der Waals surface area contributed by atoms with Crippen molar-refractivity contribution in [2.45, 2.75) is 20.0 Å². The number of thiazole rings is 1. The fourth-order valence-electron chi connectivity index (χ4n) is 1.44. The Kier molecular flexibility index (Phi) is 3.94. The van der Waals surface area contributed by atoms with Crippen molar-refractivity contribution in [3.63, 3.8) is 0 Å². The van der Waals surface area contributed by atoms with Gasteiger partial charge in [0.15, 0.2) is 11.2 Å². The molecule has 2 rings (SSSR count). The number of amides is 1. The summed E-state index contributed by atoms with van der Waals surface area (Å²) in [5.41, 5.74) is 1.10. The maximum absolute atomic E-state index is 11.8. The summed E-state index contributed by atoms with van der Waals surface area (Å²) in [7, 11) is 0. The molecule has 2 aromatic rings. The van der Waals surface area contributed by atoms with E-state index in [1.165, 1.54) is 11.3 Å². The highest BCUT2D eigenvalue weighted by molar-refractivity contribution is 7.13. The van der Waals surface area contributed by atoms with E-state index in [-0.39, 0.29) is 5.91 Å². The van der Waals surface area contributed by atoms with Crippen LogP contribution in [0.3, 0.4) is 0 Å². The first-order valence-corrected chi connectivity index (χ1v) is 6.47. The summed E-state index contributed by atoms with van der Waals surface area (Å²) in [6.07, 6.45) is 1.09. The van der Waals surface area contributed by atoms with Gasteiger partial charge in [-0.15, -0.1) is 11.3 Å². The molecule has 0 aliphatic carbocycles. The molecule has 0 saturated heterocycles. The molecule has 0 aliphatic rings. The SMILES string of the molecule is Cc1cccc(O[C@H](C)C(=O)Nc2nccs2)c1. The second-order valence-electron chi connectivity index (χ2n) is 3.90. The van der Waals surface area contributed by atoms with Gasteiger partial charge < -0.3 is 4.74 Å². The van der Waals surface area contributed by atoms with E-state index in [0.717, 1.165) is 5.56 Å². The Morgan fingerprint density at radius 2 is 2.33 bits per heavy atom. The van der Waals surface area contributed by atoms with E-state index in [0.29, 0.717) is 10.9 Å². The fourth-order valence-corrected chi connectivity index (χ4v) is 1.97. The van der Waals surface area contributed by atoms with Crippen LogP contribution < -0.4 is 10.1 Å². The number of carbonyl (C=O) groups is 1. The van der Waals surface area contributed by atoms with Crippen LogP contribution in [0.5, 0.6) is 5.75 Å². The highest BCUT2D eigenvalue weighted by Crippen LogP contribution is 2.15. The molecule has 0 spiro atoms. The van der Waals surface area contributed by atoms with Crippen molar-refractivity contribution in [1.29, 1.82) is 0 Å². The molecule has 0 unspecified atom stereocenters. The Morgan fingerprint density at radius 1 is 1.50 bits per heavy atom. The zero-order chi connectivity index (χ0) is 13.0. The number of aromatic nitrogens is 1. The first kappa shape index (κ1) is 12.6. The minimum atomic E-state index is -0.560. The van der Waals surface area contributed by atoms with Crippen LogP contribution in [0.4, 0.5) is 5.13 Å². The summed E-state index contributed by atoms with van der Waals surface area (Å²) in [6.45, 7) is 3.69. The lowest BCUT2D eigenvalue weighted by Gasteiger charge is -2.13. The molecule has 94 valence electrons. The predicted octanol–water partition coefficient (Wildman–Crippen LogP) is 2.86. The van der Waals surface area contributed by atoms with E-state index < -0.39 is 6.10 Å². The lowest BCUT2D eigenvalue weighted by atomic mass is 10.2. The van der Waals surface area contributed by atoms with Crippen molar-refractivity contribution < 1.29 is 9.53 Å². The zero-order valence-corrected chi connectivity index (χ0v) is 11.0. The van der Waals surface area contributed by atoms with Gasteiger partial charge in [0.2, 0.25) is 0 Å². The molecule has 1 aromatic carbocycles. The smallest absolute Gasteiger partial charge is 0.266 e. The van der Waals surface area contributed by atoms with Gasteiger partial charge in [-0.05, 0) is 31.5 Å². The third-order valence-electron chi connectivity index (χ3n) is 2.33. The molecule has 0 bridgehead atoms. The Hall–Kier alpha value is -1.88. The average Bonchev–Trinajstić information content (AvgIpc) is 2.81. The first-order valence-electron chi connectivity index (χ1n) is 5.59. The standard InChI is InChI=1S/C13H14N2O2S/c1-9-4-3-5-11(8-9)17-10(2)12(16)15-13-14-6-7-18-13/h3-8,10H,1-2H3,(H,14,15,16)/t10-/m1/s1. The van der Waals surface area contributed by atoms with E-state index in [4.69, 9.17) is 4.74 Å². The molecule has 0 radical (unpaired) electrons. The summed E-state index contributed by atoms with van der Waals surface area (Å²) in [5.74, 6) is 0.489. The molecule has 1 amide bonds. The minimum absolute atomic E-state index is 0.202. The predicted molar refractivity (Wildman–Crippen MR) is 72.0 cm³/mol. The molecule has 1 heterocycles. The summed E-state index contributed by atoms with van der Waals surface area (Å²) in [6, 6.07) is 7.61. The van der Waals surface area contributed by atoms with Crippen molar-refractivity contribution in [2.75, 3.05) is 5.32 Å². The maximum Gasteiger partial charge on any atom is 0.266 e. The third kappa shape index (κ3) is 3.30. The molecule has 4 nitrogen and oxygen atoms in total. The fraction of sp³-hybridized carbons (Fsp3) is 0.231. The summed E-state index contributed by atoms with van der Waals surface area (Å²) in [4.78, 5) is 15.8. The maximum atomic E-state index is 11.8. The van der Waals surface area contributed by atoms with E-state index in [9.17, 15) is 4.79 Å². The van der Waals surface area contributed by atoms with Crippen LogP contribution >= 0.6 is 11.3 Å². The highest BCUT2D eigenvalue weighted by Gasteiger charge is 2.15. The number of carbonyl (C=O) groups excluding carboxylic acids is 1. The first-order chi connectivity index (χ1) is 8.65. The minimum Gasteiger partial charge on any atom is -0.481 e. The molecule has 0 fully saturated rings. The number of rotatable bonds is 4. The van der Waals surface area contributed by atoms with Crippen LogP contribution in [0.2, 0.25) is 0 Å². The third-order valence-corrected chi connectivity index (χ3v) is 3.02. The van der Waals surface area contributed by atoms with E-state index in [1.54, 1.807) is 13.1 Å². The molecular weight excluding hydrogens is 248 g/mol. The normalized spacial score (nSPS) is 11.9. The number of hydrogen-bond donors (Lipinski definition) is 1. The van der Waals surface area contributed by atoms with Crippen LogP contribution in [0, 0.1) is 6.92 Å². The average molecular weight is 262 g/mol. The Balaban J connectivity index is 1.95.